The fraction of sp³-hybridized carbons (Fsp3) is 0.214. The monoisotopic (exact) mass is 485 g/mol. The molecule has 2 atom stereocenters. The molecule has 2 amide bonds. The minimum Gasteiger partial charge on any atom is -0.467 e. The Balaban J connectivity index is 1.73. The Kier molecular flexibility index (Phi) is 9.60. The minimum atomic E-state index is -1.02. The minimum absolute atomic E-state index is 0.0480. The van der Waals surface area contributed by atoms with Gasteiger partial charge in [0.2, 0.25) is 5.91 Å². The van der Waals surface area contributed by atoms with Crippen LogP contribution in [0.15, 0.2) is 84.9 Å². The lowest BCUT2D eigenvalue weighted by atomic mass is 10.0. The van der Waals surface area contributed by atoms with Crippen LogP contribution in [0.4, 0.5) is 4.79 Å². The van der Waals surface area contributed by atoms with Crippen LogP contribution in [0.3, 0.4) is 0 Å². The first-order chi connectivity index (χ1) is 17.5. The van der Waals surface area contributed by atoms with Gasteiger partial charge in [-0.2, -0.15) is 5.26 Å². The van der Waals surface area contributed by atoms with Gasteiger partial charge in [0.05, 0.1) is 18.7 Å². The molecule has 0 aromatic heterocycles. The molecule has 3 aromatic rings. The third kappa shape index (κ3) is 7.99. The van der Waals surface area contributed by atoms with E-state index in [-0.39, 0.29) is 19.4 Å². The standard InChI is InChI=1S/C28H27N3O5/c1-35-27(33)25(17-22-13-8-14-23(15-22)18-29)30-26(32)24(16-20-9-4-2-5-10-20)31-28(34)36-19-21-11-6-3-7-12-21/h2-15,24-25H,16-17,19H2,1H3,(H,30,32)(H,31,34)/t24-,25+/m1/s1. The van der Waals surface area contributed by atoms with Crippen LogP contribution >= 0.6 is 0 Å². The molecule has 0 aliphatic rings. The van der Waals surface area contributed by atoms with Gasteiger partial charge in [-0.15, -0.1) is 0 Å². The quantitative estimate of drug-likeness (QED) is 0.426. The molecule has 0 aliphatic carbocycles. The Morgan fingerprint density at radius 1 is 0.806 bits per heavy atom. The molecule has 8 nitrogen and oxygen atoms in total. The summed E-state index contributed by atoms with van der Waals surface area (Å²) in [5.74, 6) is -1.21. The normalized spacial score (nSPS) is 11.9. The van der Waals surface area contributed by atoms with E-state index in [4.69, 9.17) is 14.7 Å². The van der Waals surface area contributed by atoms with Crippen molar-refractivity contribution in [1.82, 2.24) is 10.6 Å². The fourth-order valence-corrected chi connectivity index (χ4v) is 3.58. The van der Waals surface area contributed by atoms with Gasteiger partial charge in [-0.25, -0.2) is 9.59 Å². The lowest BCUT2D eigenvalue weighted by Gasteiger charge is -2.22. The Hall–Kier alpha value is -4.64. The van der Waals surface area contributed by atoms with Gasteiger partial charge in [-0.05, 0) is 28.8 Å². The molecular weight excluding hydrogens is 458 g/mol. The predicted molar refractivity (Wildman–Crippen MR) is 133 cm³/mol. The van der Waals surface area contributed by atoms with Gasteiger partial charge in [-0.1, -0.05) is 72.8 Å². The second-order valence-electron chi connectivity index (χ2n) is 8.05. The third-order valence-electron chi connectivity index (χ3n) is 5.40. The highest BCUT2D eigenvalue weighted by molar-refractivity contribution is 5.90. The first-order valence-electron chi connectivity index (χ1n) is 11.4. The maximum absolute atomic E-state index is 13.3. The first kappa shape index (κ1) is 26.0. The van der Waals surface area contributed by atoms with E-state index in [0.717, 1.165) is 11.1 Å². The SMILES string of the molecule is COC(=O)[C@H](Cc1cccc(C#N)c1)NC(=O)[C@@H](Cc1ccccc1)NC(=O)OCc1ccccc1. The highest BCUT2D eigenvalue weighted by Gasteiger charge is 2.28. The molecule has 0 unspecified atom stereocenters. The van der Waals surface area contributed by atoms with E-state index in [0.29, 0.717) is 11.1 Å². The van der Waals surface area contributed by atoms with Crippen molar-refractivity contribution in [2.75, 3.05) is 7.11 Å². The molecule has 8 heteroatoms. The van der Waals surface area contributed by atoms with E-state index in [9.17, 15) is 14.4 Å². The average Bonchev–Trinajstić information content (AvgIpc) is 2.92. The number of nitriles is 1. The lowest BCUT2D eigenvalue weighted by molar-refractivity contribution is -0.145. The summed E-state index contributed by atoms with van der Waals surface area (Å²) in [4.78, 5) is 38.2. The van der Waals surface area contributed by atoms with Gasteiger partial charge in [-0.3, -0.25) is 4.79 Å². The number of nitrogens with zero attached hydrogens (tertiary/aromatic N) is 1. The number of ether oxygens (including phenoxy) is 2. The molecule has 0 radical (unpaired) electrons. The zero-order valence-electron chi connectivity index (χ0n) is 19.8. The molecule has 0 fully saturated rings. The molecule has 184 valence electrons. The zero-order chi connectivity index (χ0) is 25.8. The topological polar surface area (TPSA) is 118 Å². The van der Waals surface area contributed by atoms with Gasteiger partial charge in [0, 0.05) is 12.8 Å². The van der Waals surface area contributed by atoms with Crippen LogP contribution in [0.1, 0.15) is 22.3 Å². The second-order valence-corrected chi connectivity index (χ2v) is 8.05. The van der Waals surface area contributed by atoms with Crippen LogP contribution < -0.4 is 10.6 Å². The number of rotatable bonds is 10. The molecule has 2 N–H and O–H groups in total. The lowest BCUT2D eigenvalue weighted by Crippen LogP contribution is -2.53. The van der Waals surface area contributed by atoms with Crippen LogP contribution in [-0.2, 0) is 38.5 Å². The van der Waals surface area contributed by atoms with Crippen LogP contribution in [0.25, 0.3) is 0 Å². The second kappa shape index (κ2) is 13.3. The molecule has 0 spiro atoms. The van der Waals surface area contributed by atoms with Crippen LogP contribution in [-0.4, -0.2) is 37.2 Å². The molecule has 3 aromatic carbocycles. The molecular formula is C28H27N3O5. The van der Waals surface area contributed by atoms with E-state index in [1.54, 1.807) is 24.3 Å². The highest BCUT2D eigenvalue weighted by Crippen LogP contribution is 2.10. The highest BCUT2D eigenvalue weighted by atomic mass is 16.5. The van der Waals surface area contributed by atoms with Crippen LogP contribution in [0, 0.1) is 11.3 Å². The Bertz CT molecular complexity index is 1210. The van der Waals surface area contributed by atoms with E-state index in [1.807, 2.05) is 60.7 Å². The molecule has 0 saturated carbocycles. The number of alkyl carbamates (subject to hydrolysis) is 1. The predicted octanol–water partition coefficient (Wildman–Crippen LogP) is 3.30. The number of hydrogen-bond acceptors (Lipinski definition) is 6. The van der Waals surface area contributed by atoms with E-state index >= 15 is 0 Å². The average molecular weight is 486 g/mol. The first-order valence-corrected chi connectivity index (χ1v) is 11.4. The van der Waals surface area contributed by atoms with Crippen molar-refractivity contribution in [1.29, 1.82) is 5.26 Å². The number of benzene rings is 3. The third-order valence-corrected chi connectivity index (χ3v) is 5.40. The van der Waals surface area contributed by atoms with Crippen molar-refractivity contribution in [3.63, 3.8) is 0 Å². The smallest absolute Gasteiger partial charge is 0.408 e. The molecule has 0 heterocycles. The van der Waals surface area contributed by atoms with Crippen molar-refractivity contribution in [2.45, 2.75) is 31.5 Å². The Morgan fingerprint density at radius 3 is 2.06 bits per heavy atom. The van der Waals surface area contributed by atoms with Crippen molar-refractivity contribution >= 4 is 18.0 Å². The number of esters is 1. The summed E-state index contributed by atoms with van der Waals surface area (Å²) in [6, 6.07) is 25.1. The summed E-state index contributed by atoms with van der Waals surface area (Å²) in [5, 5.41) is 14.4. The van der Waals surface area contributed by atoms with Crippen LogP contribution in [0.2, 0.25) is 0 Å². The summed E-state index contributed by atoms with van der Waals surface area (Å²) < 4.78 is 10.2. The maximum atomic E-state index is 13.3. The summed E-state index contributed by atoms with van der Waals surface area (Å²) in [7, 11) is 1.23. The number of amides is 2. The molecule has 0 saturated heterocycles. The van der Waals surface area contributed by atoms with Gasteiger partial charge in [0.15, 0.2) is 0 Å². The molecule has 0 aliphatic heterocycles. The summed E-state index contributed by atoms with van der Waals surface area (Å²) in [6.45, 7) is 0.0480. The Labute approximate surface area is 209 Å². The van der Waals surface area contributed by atoms with Crippen molar-refractivity contribution < 1.29 is 23.9 Å². The van der Waals surface area contributed by atoms with Gasteiger partial charge >= 0.3 is 12.1 Å². The number of hydrogen-bond donors (Lipinski definition) is 2. The van der Waals surface area contributed by atoms with E-state index in [1.165, 1.54) is 7.11 Å². The number of nitrogens with one attached hydrogen (secondary N) is 2. The van der Waals surface area contributed by atoms with Crippen molar-refractivity contribution in [2.24, 2.45) is 0 Å². The molecule has 0 bridgehead atoms. The zero-order valence-corrected chi connectivity index (χ0v) is 19.8. The summed E-state index contributed by atoms with van der Waals surface area (Å²) in [5.41, 5.74) is 2.74. The van der Waals surface area contributed by atoms with Crippen molar-refractivity contribution in [3.8, 4) is 6.07 Å². The number of carbonyl (C=O) groups is 3. The van der Waals surface area contributed by atoms with Crippen LogP contribution in [0.5, 0.6) is 0 Å². The molecule has 3 rings (SSSR count). The van der Waals surface area contributed by atoms with E-state index in [2.05, 4.69) is 16.7 Å². The largest absolute Gasteiger partial charge is 0.467 e. The molecule has 36 heavy (non-hydrogen) atoms. The summed E-state index contributed by atoms with van der Waals surface area (Å²) in [6.07, 6.45) is -0.457. The number of methoxy groups -OCH3 is 1. The fourth-order valence-electron chi connectivity index (χ4n) is 3.58. The van der Waals surface area contributed by atoms with Gasteiger partial charge < -0.3 is 20.1 Å². The van der Waals surface area contributed by atoms with E-state index < -0.39 is 30.1 Å². The van der Waals surface area contributed by atoms with Crippen molar-refractivity contribution in [3.05, 3.63) is 107 Å². The van der Waals surface area contributed by atoms with Gasteiger partial charge in [0.25, 0.3) is 0 Å². The number of carbonyl (C=O) groups excluding carboxylic acids is 3. The maximum Gasteiger partial charge on any atom is 0.408 e. The Morgan fingerprint density at radius 2 is 1.42 bits per heavy atom. The van der Waals surface area contributed by atoms with Gasteiger partial charge in [0.1, 0.15) is 18.7 Å². The summed E-state index contributed by atoms with van der Waals surface area (Å²) >= 11 is 0.